The summed E-state index contributed by atoms with van der Waals surface area (Å²) in [6, 6.07) is 3.41. The molecule has 1 unspecified atom stereocenters. The van der Waals surface area contributed by atoms with Crippen LogP contribution < -0.4 is 5.32 Å². The van der Waals surface area contributed by atoms with Crippen LogP contribution in [0.5, 0.6) is 0 Å². The SMILES string of the molecule is CC1(C)CC(C(=O)Nc2cnc(-c3nnn(C4COC4)n3)c(Cl)c2)c2cnc3cc(Cl)nn3c21. The van der Waals surface area contributed by atoms with Crippen molar-refractivity contribution in [3.8, 4) is 11.5 Å². The number of fused-ring (bicyclic) bond motifs is 3. The second-order valence-electron chi connectivity index (χ2n) is 9.11. The van der Waals surface area contributed by atoms with Crippen molar-refractivity contribution in [2.45, 2.75) is 37.6 Å². The monoisotopic (exact) mass is 499 g/mol. The number of pyridine rings is 1. The van der Waals surface area contributed by atoms with Crippen LogP contribution in [0.2, 0.25) is 10.2 Å². The lowest BCUT2D eigenvalue weighted by Crippen LogP contribution is -2.32. The molecule has 0 radical (unpaired) electrons. The summed E-state index contributed by atoms with van der Waals surface area (Å²) in [5, 5.41) is 20.4. The predicted molar refractivity (Wildman–Crippen MR) is 123 cm³/mol. The number of halogens is 2. The molecule has 4 aromatic rings. The van der Waals surface area contributed by atoms with E-state index in [0.717, 1.165) is 11.3 Å². The van der Waals surface area contributed by atoms with Crippen LogP contribution in [0, 0.1) is 0 Å². The Morgan fingerprint density at radius 3 is 2.74 bits per heavy atom. The van der Waals surface area contributed by atoms with Crippen LogP contribution in [0.15, 0.2) is 24.5 Å². The fraction of sp³-hybridized carbons (Fsp3) is 0.381. The highest BCUT2D eigenvalue weighted by molar-refractivity contribution is 6.33. The summed E-state index contributed by atoms with van der Waals surface area (Å²) in [5.74, 6) is -0.269. The lowest BCUT2D eigenvalue weighted by Gasteiger charge is -2.23. The Labute approximate surface area is 203 Å². The van der Waals surface area contributed by atoms with Gasteiger partial charge in [0.2, 0.25) is 11.7 Å². The van der Waals surface area contributed by atoms with Gasteiger partial charge in [0.1, 0.15) is 11.7 Å². The molecule has 174 valence electrons. The first kappa shape index (κ1) is 21.4. The number of rotatable bonds is 4. The quantitative estimate of drug-likeness (QED) is 0.453. The van der Waals surface area contributed by atoms with Crippen LogP contribution in [0.1, 0.15) is 43.5 Å². The number of hydrogen-bond donors (Lipinski definition) is 1. The zero-order chi connectivity index (χ0) is 23.6. The highest BCUT2D eigenvalue weighted by atomic mass is 35.5. The van der Waals surface area contributed by atoms with E-state index in [4.69, 9.17) is 27.9 Å². The number of ether oxygens (including phenoxy) is 1. The standard InChI is InChI=1S/C21H19Cl2N9O2/c1-21(2)5-12(13-7-24-16-4-15(23)28-31(16)18(13)21)20(33)26-10-3-14(22)17(25-6-10)19-27-30-32(29-19)11-8-34-9-11/h3-4,6-7,11-12H,5,8-9H2,1-2H3,(H,26,33). The molecule has 4 aromatic heterocycles. The van der Waals surface area contributed by atoms with Gasteiger partial charge in [0, 0.05) is 23.2 Å². The van der Waals surface area contributed by atoms with E-state index in [1.807, 2.05) is 0 Å². The summed E-state index contributed by atoms with van der Waals surface area (Å²) >= 11 is 12.5. The molecule has 0 spiro atoms. The maximum absolute atomic E-state index is 13.3. The summed E-state index contributed by atoms with van der Waals surface area (Å²) in [4.78, 5) is 23.6. The molecule has 1 fully saturated rings. The van der Waals surface area contributed by atoms with Gasteiger partial charge in [-0.25, -0.2) is 14.5 Å². The van der Waals surface area contributed by atoms with Crippen LogP contribution in [0.25, 0.3) is 17.2 Å². The molecule has 0 aromatic carbocycles. The number of tetrazole rings is 1. The lowest BCUT2D eigenvalue weighted by molar-refractivity contribution is -0.117. The van der Waals surface area contributed by atoms with Gasteiger partial charge < -0.3 is 10.1 Å². The van der Waals surface area contributed by atoms with Crippen molar-refractivity contribution >= 4 is 40.4 Å². The highest BCUT2D eigenvalue weighted by Crippen LogP contribution is 2.46. The number of anilines is 1. The second-order valence-corrected chi connectivity index (χ2v) is 9.90. The van der Waals surface area contributed by atoms with Gasteiger partial charge in [-0.1, -0.05) is 37.0 Å². The van der Waals surface area contributed by atoms with Gasteiger partial charge in [0.25, 0.3) is 0 Å². The molecule has 34 heavy (non-hydrogen) atoms. The number of carbonyl (C=O) groups excluding carboxylic acids is 1. The van der Waals surface area contributed by atoms with Crippen LogP contribution >= 0.6 is 23.2 Å². The fourth-order valence-corrected chi connectivity index (χ4v) is 4.96. The molecule has 6 rings (SSSR count). The first-order chi connectivity index (χ1) is 16.3. The minimum absolute atomic E-state index is 0.0746. The highest BCUT2D eigenvalue weighted by Gasteiger charge is 2.43. The average Bonchev–Trinajstić information content (AvgIpc) is 3.42. The van der Waals surface area contributed by atoms with Gasteiger partial charge in [-0.3, -0.25) is 4.79 Å². The fourth-order valence-electron chi connectivity index (χ4n) is 4.53. The zero-order valence-electron chi connectivity index (χ0n) is 18.2. The summed E-state index contributed by atoms with van der Waals surface area (Å²) < 4.78 is 6.88. The summed E-state index contributed by atoms with van der Waals surface area (Å²) in [6.07, 6.45) is 3.86. The molecule has 13 heteroatoms. The molecule has 1 amide bonds. The molecule has 0 bridgehead atoms. The first-order valence-corrected chi connectivity index (χ1v) is 11.4. The zero-order valence-corrected chi connectivity index (χ0v) is 19.7. The third kappa shape index (κ3) is 3.42. The Morgan fingerprint density at radius 2 is 2.00 bits per heavy atom. The Balaban J connectivity index is 1.25. The molecular formula is C21H19Cl2N9O2. The molecule has 1 N–H and O–H groups in total. The van der Waals surface area contributed by atoms with Crippen LogP contribution in [-0.4, -0.2) is 58.9 Å². The van der Waals surface area contributed by atoms with Crippen LogP contribution in [-0.2, 0) is 14.9 Å². The summed E-state index contributed by atoms with van der Waals surface area (Å²) in [5.41, 5.74) is 2.98. The van der Waals surface area contributed by atoms with E-state index in [2.05, 4.69) is 49.6 Å². The largest absolute Gasteiger partial charge is 0.377 e. The predicted octanol–water partition coefficient (Wildman–Crippen LogP) is 3.06. The molecule has 0 saturated carbocycles. The summed E-state index contributed by atoms with van der Waals surface area (Å²) in [7, 11) is 0. The van der Waals surface area contributed by atoms with E-state index >= 15 is 0 Å². The summed E-state index contributed by atoms with van der Waals surface area (Å²) in [6.45, 7) is 5.27. The Bertz CT molecular complexity index is 1440. The van der Waals surface area contributed by atoms with Crippen molar-refractivity contribution in [3.63, 3.8) is 0 Å². The van der Waals surface area contributed by atoms with Gasteiger partial charge >= 0.3 is 0 Å². The first-order valence-electron chi connectivity index (χ1n) is 10.7. The third-order valence-corrected chi connectivity index (χ3v) is 6.70. The van der Waals surface area contributed by atoms with Crippen LogP contribution in [0.3, 0.4) is 0 Å². The van der Waals surface area contributed by atoms with E-state index in [1.54, 1.807) is 22.8 Å². The van der Waals surface area contributed by atoms with Gasteiger partial charge in [-0.2, -0.15) is 9.90 Å². The Morgan fingerprint density at radius 1 is 1.18 bits per heavy atom. The Kier molecular flexibility index (Phi) is 4.84. The van der Waals surface area contributed by atoms with E-state index in [9.17, 15) is 4.79 Å². The molecule has 1 aliphatic carbocycles. The van der Waals surface area contributed by atoms with Crippen molar-refractivity contribution in [2.75, 3.05) is 18.5 Å². The molecular weight excluding hydrogens is 481 g/mol. The number of nitrogens with zero attached hydrogens (tertiary/aromatic N) is 8. The van der Waals surface area contributed by atoms with E-state index in [0.29, 0.717) is 52.7 Å². The number of nitrogens with one attached hydrogen (secondary N) is 1. The second kappa shape index (κ2) is 7.69. The molecule has 11 nitrogen and oxygen atoms in total. The number of amides is 1. The minimum atomic E-state index is -0.408. The molecule has 1 saturated heterocycles. The molecule has 1 atom stereocenters. The molecule has 5 heterocycles. The molecule has 1 aliphatic heterocycles. The maximum Gasteiger partial charge on any atom is 0.232 e. The van der Waals surface area contributed by atoms with Crippen molar-refractivity contribution in [1.82, 2.24) is 39.8 Å². The Hall–Kier alpha value is -3.15. The van der Waals surface area contributed by atoms with Crippen molar-refractivity contribution in [2.24, 2.45) is 0 Å². The van der Waals surface area contributed by atoms with Gasteiger partial charge in [-0.15, -0.1) is 10.2 Å². The van der Waals surface area contributed by atoms with Gasteiger partial charge in [-0.05, 0) is 17.7 Å². The average molecular weight is 500 g/mol. The number of aromatic nitrogens is 8. The van der Waals surface area contributed by atoms with E-state index in [-0.39, 0.29) is 17.4 Å². The van der Waals surface area contributed by atoms with Crippen molar-refractivity contribution in [1.29, 1.82) is 0 Å². The van der Waals surface area contributed by atoms with Gasteiger partial charge in [0.15, 0.2) is 10.8 Å². The maximum atomic E-state index is 13.3. The van der Waals surface area contributed by atoms with Crippen molar-refractivity contribution in [3.05, 3.63) is 46.0 Å². The van der Waals surface area contributed by atoms with Crippen molar-refractivity contribution < 1.29 is 9.53 Å². The minimum Gasteiger partial charge on any atom is -0.377 e. The smallest absolute Gasteiger partial charge is 0.232 e. The topological polar surface area (TPSA) is 125 Å². The number of carbonyl (C=O) groups is 1. The van der Waals surface area contributed by atoms with Gasteiger partial charge in [0.05, 0.1) is 41.7 Å². The normalized spacial score (nSPS) is 19.2. The van der Waals surface area contributed by atoms with E-state index in [1.165, 1.54) is 11.0 Å². The molecule has 2 aliphatic rings. The van der Waals surface area contributed by atoms with E-state index < -0.39 is 5.92 Å². The number of hydrogen-bond acceptors (Lipinski definition) is 8. The van der Waals surface area contributed by atoms with Crippen LogP contribution in [0.4, 0.5) is 5.69 Å². The third-order valence-electron chi connectivity index (χ3n) is 6.23. The lowest BCUT2D eigenvalue weighted by atomic mass is 9.88.